The summed E-state index contributed by atoms with van der Waals surface area (Å²) in [6.07, 6.45) is 8.48. The summed E-state index contributed by atoms with van der Waals surface area (Å²) in [5, 5.41) is 4.47. The number of fused-ring (bicyclic) bond motifs is 1. The summed E-state index contributed by atoms with van der Waals surface area (Å²) in [6, 6.07) is 11.8. The Morgan fingerprint density at radius 3 is 2.55 bits per heavy atom. The van der Waals surface area contributed by atoms with Crippen molar-refractivity contribution >= 4 is 32.7 Å². The average Bonchev–Trinajstić information content (AvgIpc) is 3.55. The van der Waals surface area contributed by atoms with Gasteiger partial charge in [-0.05, 0) is 101 Å². The number of hydrogen-bond donors (Lipinski definition) is 1. The van der Waals surface area contributed by atoms with Crippen LogP contribution in [0, 0.1) is 18.7 Å². The minimum absolute atomic E-state index is 0.0592. The number of piperidine rings is 1. The van der Waals surface area contributed by atoms with Crippen molar-refractivity contribution in [3.63, 3.8) is 0 Å². The fourth-order valence-electron chi connectivity index (χ4n) is 6.73. The van der Waals surface area contributed by atoms with Crippen LogP contribution in [0.5, 0.6) is 11.6 Å². The Labute approximate surface area is 287 Å². The fourth-order valence-corrected chi connectivity index (χ4v) is 8.63. The molecule has 0 radical (unpaired) electrons. The Kier molecular flexibility index (Phi) is 10.1. The van der Waals surface area contributed by atoms with E-state index in [0.29, 0.717) is 46.8 Å². The van der Waals surface area contributed by atoms with Crippen molar-refractivity contribution in [2.75, 3.05) is 24.2 Å². The molecule has 12 heteroatoms. The van der Waals surface area contributed by atoms with Crippen LogP contribution in [-0.2, 0) is 20.3 Å². The molecule has 2 aliphatic rings. The van der Waals surface area contributed by atoms with Crippen LogP contribution in [0.1, 0.15) is 70.4 Å². The average molecular weight is 690 g/mol. The molecule has 2 aromatic heterocycles. The smallest absolute Gasteiger partial charge is 0.410 e. The van der Waals surface area contributed by atoms with Crippen molar-refractivity contribution in [2.24, 2.45) is 5.92 Å². The SMILES string of the molecule is Cc1ccc2c(CS(=O)(=O)CC3CCCC3)c(F)ccc2c1Oc1ncccc1-c1ccnc(N[C@H]2CCCN(C(=O)OC(C)(C)C)C2)n1. The summed E-state index contributed by atoms with van der Waals surface area (Å²) in [4.78, 5) is 28.1. The third-order valence-electron chi connectivity index (χ3n) is 9.04. The summed E-state index contributed by atoms with van der Waals surface area (Å²) in [5.41, 5.74) is 1.55. The molecule has 1 saturated heterocycles. The molecule has 1 atom stereocenters. The van der Waals surface area contributed by atoms with E-state index in [1.54, 1.807) is 41.6 Å². The molecule has 49 heavy (non-hydrogen) atoms. The molecule has 4 aromatic rings. The van der Waals surface area contributed by atoms with Gasteiger partial charge in [-0.15, -0.1) is 0 Å². The second-order valence-electron chi connectivity index (χ2n) is 14.2. The summed E-state index contributed by atoms with van der Waals surface area (Å²) in [5.74, 6) is 0.456. The summed E-state index contributed by atoms with van der Waals surface area (Å²) < 4.78 is 53.7. The Balaban J connectivity index is 1.25. The monoisotopic (exact) mass is 689 g/mol. The first-order valence-electron chi connectivity index (χ1n) is 17.0. The number of aryl methyl sites for hydroxylation is 1. The maximum absolute atomic E-state index is 15.3. The van der Waals surface area contributed by atoms with Crippen LogP contribution in [0.15, 0.2) is 54.9 Å². The summed E-state index contributed by atoms with van der Waals surface area (Å²) in [6.45, 7) is 8.53. The van der Waals surface area contributed by atoms with Crippen molar-refractivity contribution in [2.45, 2.75) is 83.6 Å². The first-order valence-corrected chi connectivity index (χ1v) is 18.8. The largest absolute Gasteiger partial charge is 0.444 e. The van der Waals surface area contributed by atoms with Gasteiger partial charge in [-0.25, -0.2) is 32.6 Å². The van der Waals surface area contributed by atoms with Crippen LogP contribution in [0.3, 0.4) is 0 Å². The molecule has 6 rings (SSSR count). The minimum Gasteiger partial charge on any atom is -0.444 e. The summed E-state index contributed by atoms with van der Waals surface area (Å²) in [7, 11) is -3.53. The van der Waals surface area contributed by atoms with Gasteiger partial charge in [0.25, 0.3) is 0 Å². The molecule has 0 unspecified atom stereocenters. The number of likely N-dealkylation sites (tertiary alicyclic amines) is 1. The molecular formula is C37H44FN5O5S. The molecule has 1 saturated carbocycles. The highest BCUT2D eigenvalue weighted by Gasteiger charge is 2.29. The molecule has 1 N–H and O–H groups in total. The fraction of sp³-hybridized carbons (Fsp3) is 0.459. The second kappa shape index (κ2) is 14.3. The Hall–Kier alpha value is -4.32. The number of ether oxygens (including phenoxy) is 2. The topological polar surface area (TPSA) is 124 Å². The van der Waals surface area contributed by atoms with Crippen LogP contribution in [0.4, 0.5) is 15.1 Å². The van der Waals surface area contributed by atoms with Crippen molar-refractivity contribution in [1.29, 1.82) is 0 Å². The lowest BCUT2D eigenvalue weighted by Crippen LogP contribution is -2.47. The van der Waals surface area contributed by atoms with Crippen molar-refractivity contribution in [1.82, 2.24) is 19.9 Å². The lowest BCUT2D eigenvalue weighted by atomic mass is 10.0. The standard InChI is InChI=1S/C37H44FN5O5S/c1-24-13-14-27-28(15-16-31(38)30(27)23-49(45,46)22-25-9-5-6-10-25)33(24)47-34-29(12-7-18-39-34)32-17-19-40-35(42-32)41-26-11-8-20-43(21-26)36(44)48-37(2,3)4/h7,12-19,25-26H,5-6,8-11,20-23H2,1-4H3,(H,40,41,42)/t26-/m0/s1. The van der Waals surface area contributed by atoms with Gasteiger partial charge in [0.2, 0.25) is 11.8 Å². The number of benzene rings is 2. The quantitative estimate of drug-likeness (QED) is 0.187. The molecular weight excluding hydrogens is 646 g/mol. The lowest BCUT2D eigenvalue weighted by Gasteiger charge is -2.34. The predicted octanol–water partition coefficient (Wildman–Crippen LogP) is 7.85. The van der Waals surface area contributed by atoms with E-state index in [2.05, 4.69) is 15.3 Å². The van der Waals surface area contributed by atoms with Crippen molar-refractivity contribution < 1.29 is 27.1 Å². The van der Waals surface area contributed by atoms with Gasteiger partial charge >= 0.3 is 6.09 Å². The predicted molar refractivity (Wildman–Crippen MR) is 188 cm³/mol. The van der Waals surface area contributed by atoms with Crippen LogP contribution in [0.2, 0.25) is 0 Å². The van der Waals surface area contributed by atoms with Gasteiger partial charge in [0.05, 0.1) is 22.8 Å². The minimum atomic E-state index is -3.53. The van der Waals surface area contributed by atoms with Crippen molar-refractivity contribution in [3.05, 3.63) is 71.8 Å². The molecule has 0 bridgehead atoms. The first-order chi connectivity index (χ1) is 23.3. The molecule has 260 valence electrons. The second-order valence-corrected chi connectivity index (χ2v) is 16.3. The molecule has 10 nitrogen and oxygen atoms in total. The van der Waals surface area contributed by atoms with E-state index in [9.17, 15) is 13.2 Å². The van der Waals surface area contributed by atoms with Crippen LogP contribution < -0.4 is 10.1 Å². The molecule has 1 aliphatic heterocycles. The van der Waals surface area contributed by atoms with Crippen molar-refractivity contribution in [3.8, 4) is 22.9 Å². The molecule has 2 fully saturated rings. The number of amides is 1. The van der Waals surface area contributed by atoms with E-state index in [-0.39, 0.29) is 41.0 Å². The van der Waals surface area contributed by atoms with E-state index < -0.39 is 21.3 Å². The number of sulfone groups is 1. The van der Waals surface area contributed by atoms with Gasteiger partial charge < -0.3 is 19.7 Å². The Bertz CT molecular complexity index is 1940. The lowest BCUT2D eigenvalue weighted by molar-refractivity contribution is 0.0206. The van der Waals surface area contributed by atoms with E-state index in [4.69, 9.17) is 14.5 Å². The Morgan fingerprint density at radius 2 is 1.78 bits per heavy atom. The maximum Gasteiger partial charge on any atom is 0.410 e. The zero-order valence-electron chi connectivity index (χ0n) is 28.5. The number of nitrogens with one attached hydrogen (secondary N) is 1. The molecule has 0 spiro atoms. The highest BCUT2D eigenvalue weighted by Crippen LogP contribution is 2.39. The van der Waals surface area contributed by atoms with Crippen LogP contribution >= 0.6 is 0 Å². The normalized spacial score (nSPS) is 17.3. The number of rotatable bonds is 9. The number of halogens is 1. The molecule has 1 aliphatic carbocycles. The van der Waals surface area contributed by atoms with Crippen LogP contribution in [-0.4, -0.2) is 64.8 Å². The van der Waals surface area contributed by atoms with E-state index in [1.165, 1.54) is 6.07 Å². The highest BCUT2D eigenvalue weighted by atomic mass is 32.2. The summed E-state index contributed by atoms with van der Waals surface area (Å²) >= 11 is 0. The molecule has 2 aromatic carbocycles. The number of aromatic nitrogens is 3. The third-order valence-corrected chi connectivity index (χ3v) is 10.7. The number of anilines is 1. The first kappa shape index (κ1) is 34.5. The number of carbonyl (C=O) groups is 1. The van der Waals surface area contributed by atoms with Gasteiger partial charge in [0.15, 0.2) is 9.84 Å². The Morgan fingerprint density at radius 1 is 1.00 bits per heavy atom. The molecule has 3 heterocycles. The molecule has 1 amide bonds. The van der Waals surface area contributed by atoms with Crippen LogP contribution in [0.25, 0.3) is 22.0 Å². The van der Waals surface area contributed by atoms with Gasteiger partial charge in [0, 0.05) is 42.5 Å². The number of pyridine rings is 1. The van der Waals surface area contributed by atoms with E-state index in [0.717, 1.165) is 44.1 Å². The van der Waals surface area contributed by atoms with Gasteiger partial charge in [0.1, 0.15) is 17.2 Å². The number of hydrogen-bond acceptors (Lipinski definition) is 9. The van der Waals surface area contributed by atoms with E-state index >= 15 is 4.39 Å². The highest BCUT2D eigenvalue weighted by molar-refractivity contribution is 7.90. The van der Waals surface area contributed by atoms with Gasteiger partial charge in [-0.3, -0.25) is 0 Å². The zero-order chi connectivity index (χ0) is 34.8. The number of carbonyl (C=O) groups excluding carboxylic acids is 1. The van der Waals surface area contributed by atoms with Gasteiger partial charge in [-0.1, -0.05) is 25.0 Å². The number of nitrogens with zero attached hydrogens (tertiary/aromatic N) is 4. The van der Waals surface area contributed by atoms with E-state index in [1.807, 2.05) is 39.8 Å². The van der Waals surface area contributed by atoms with Gasteiger partial charge in [-0.2, -0.15) is 0 Å². The third kappa shape index (κ3) is 8.46. The maximum atomic E-state index is 15.3. The zero-order valence-corrected chi connectivity index (χ0v) is 29.4.